The molecule has 1 unspecified atom stereocenters. The molecule has 2 aromatic carbocycles. The molecule has 1 atom stereocenters. The maximum Gasteiger partial charge on any atom is 0.147 e. The number of benzene rings is 2. The SMILES string of the molecule is CC(O)c1ccc(Oc2cc(Cl)ccc2Cl)c(Br)c1. The van der Waals surface area contributed by atoms with E-state index in [1.54, 1.807) is 43.3 Å². The van der Waals surface area contributed by atoms with Gasteiger partial charge in [-0.1, -0.05) is 29.3 Å². The van der Waals surface area contributed by atoms with E-state index in [-0.39, 0.29) is 0 Å². The Bertz CT molecular complexity index is 600. The maximum absolute atomic E-state index is 9.51. The van der Waals surface area contributed by atoms with Gasteiger partial charge in [0.15, 0.2) is 0 Å². The van der Waals surface area contributed by atoms with Gasteiger partial charge < -0.3 is 9.84 Å². The monoisotopic (exact) mass is 360 g/mol. The van der Waals surface area contributed by atoms with Crippen molar-refractivity contribution in [3.63, 3.8) is 0 Å². The molecule has 0 radical (unpaired) electrons. The van der Waals surface area contributed by atoms with Crippen LogP contribution in [0.15, 0.2) is 40.9 Å². The zero-order valence-corrected chi connectivity index (χ0v) is 13.1. The van der Waals surface area contributed by atoms with Gasteiger partial charge in [0, 0.05) is 11.1 Å². The molecule has 2 nitrogen and oxygen atoms in total. The predicted molar refractivity (Wildman–Crippen MR) is 81.3 cm³/mol. The Morgan fingerprint density at radius 3 is 2.47 bits per heavy atom. The molecule has 0 fully saturated rings. The molecular weight excluding hydrogens is 351 g/mol. The standard InChI is InChI=1S/C14H11BrCl2O2/c1-8(18)9-2-5-13(11(15)6-9)19-14-7-10(16)3-4-12(14)17/h2-8,18H,1H3. The fourth-order valence-electron chi connectivity index (χ4n) is 1.53. The second-order valence-corrected chi connectivity index (χ2v) is 5.74. The van der Waals surface area contributed by atoms with Crippen LogP contribution < -0.4 is 4.74 Å². The fourth-order valence-corrected chi connectivity index (χ4v) is 2.33. The number of aliphatic hydroxyl groups is 1. The molecule has 0 aromatic heterocycles. The molecule has 0 bridgehead atoms. The third-order valence-electron chi connectivity index (χ3n) is 2.55. The molecule has 0 aliphatic carbocycles. The molecule has 19 heavy (non-hydrogen) atoms. The van der Waals surface area contributed by atoms with Gasteiger partial charge in [-0.25, -0.2) is 0 Å². The van der Waals surface area contributed by atoms with Crippen LogP contribution in [-0.2, 0) is 0 Å². The number of hydrogen-bond acceptors (Lipinski definition) is 2. The van der Waals surface area contributed by atoms with Crippen molar-refractivity contribution in [2.24, 2.45) is 0 Å². The van der Waals surface area contributed by atoms with E-state index in [0.717, 1.165) is 10.0 Å². The first kappa shape index (κ1) is 14.7. The second kappa shape index (κ2) is 6.14. The normalized spacial score (nSPS) is 12.3. The number of aliphatic hydroxyl groups excluding tert-OH is 1. The number of ether oxygens (including phenoxy) is 1. The first-order valence-corrected chi connectivity index (χ1v) is 7.12. The summed E-state index contributed by atoms with van der Waals surface area (Å²) in [7, 11) is 0. The average Bonchev–Trinajstić information content (AvgIpc) is 2.36. The van der Waals surface area contributed by atoms with Crippen LogP contribution in [0.25, 0.3) is 0 Å². The summed E-state index contributed by atoms with van der Waals surface area (Å²) >= 11 is 15.4. The third kappa shape index (κ3) is 3.63. The Morgan fingerprint density at radius 1 is 1.11 bits per heavy atom. The largest absolute Gasteiger partial charge is 0.455 e. The van der Waals surface area contributed by atoms with Crippen LogP contribution in [0.1, 0.15) is 18.6 Å². The summed E-state index contributed by atoms with van der Waals surface area (Å²) < 4.78 is 6.45. The minimum Gasteiger partial charge on any atom is -0.455 e. The van der Waals surface area contributed by atoms with E-state index < -0.39 is 6.10 Å². The minimum atomic E-state index is -0.528. The molecule has 5 heteroatoms. The number of rotatable bonds is 3. The van der Waals surface area contributed by atoms with Crippen LogP contribution in [0.5, 0.6) is 11.5 Å². The molecule has 2 aromatic rings. The van der Waals surface area contributed by atoms with Crippen LogP contribution in [0.4, 0.5) is 0 Å². The molecule has 2 rings (SSSR count). The van der Waals surface area contributed by atoms with Crippen LogP contribution >= 0.6 is 39.1 Å². The van der Waals surface area contributed by atoms with Crippen molar-refractivity contribution < 1.29 is 9.84 Å². The summed E-state index contributed by atoms with van der Waals surface area (Å²) in [4.78, 5) is 0. The molecule has 0 aliphatic rings. The van der Waals surface area contributed by atoms with Gasteiger partial charge in [-0.15, -0.1) is 0 Å². The highest BCUT2D eigenvalue weighted by molar-refractivity contribution is 9.10. The van der Waals surface area contributed by atoms with E-state index in [1.807, 2.05) is 0 Å². The minimum absolute atomic E-state index is 0.482. The molecule has 100 valence electrons. The second-order valence-electron chi connectivity index (χ2n) is 4.04. The smallest absolute Gasteiger partial charge is 0.147 e. The van der Waals surface area contributed by atoms with Crippen LogP contribution in [-0.4, -0.2) is 5.11 Å². The van der Waals surface area contributed by atoms with Crippen molar-refractivity contribution in [1.29, 1.82) is 0 Å². The molecule has 0 saturated heterocycles. The number of hydrogen-bond donors (Lipinski definition) is 1. The first-order valence-electron chi connectivity index (χ1n) is 5.58. The van der Waals surface area contributed by atoms with Crippen LogP contribution in [0.3, 0.4) is 0 Å². The lowest BCUT2D eigenvalue weighted by Gasteiger charge is -2.12. The topological polar surface area (TPSA) is 29.5 Å². The highest BCUT2D eigenvalue weighted by Gasteiger charge is 2.09. The van der Waals surface area contributed by atoms with E-state index in [0.29, 0.717) is 21.5 Å². The van der Waals surface area contributed by atoms with Crippen molar-refractivity contribution in [2.75, 3.05) is 0 Å². The zero-order chi connectivity index (χ0) is 14.0. The quantitative estimate of drug-likeness (QED) is 0.770. The Labute approximate surface area is 130 Å². The van der Waals surface area contributed by atoms with Crippen LogP contribution in [0.2, 0.25) is 10.0 Å². The molecule has 0 aliphatic heterocycles. The maximum atomic E-state index is 9.51. The summed E-state index contributed by atoms with van der Waals surface area (Å²) in [5, 5.41) is 10.5. The first-order chi connectivity index (χ1) is 8.97. The highest BCUT2D eigenvalue weighted by Crippen LogP contribution is 2.36. The summed E-state index contributed by atoms with van der Waals surface area (Å²) in [6, 6.07) is 10.4. The Kier molecular flexibility index (Phi) is 4.74. The van der Waals surface area contributed by atoms with Gasteiger partial charge in [-0.2, -0.15) is 0 Å². The molecule has 1 N–H and O–H groups in total. The molecule has 0 saturated carbocycles. The van der Waals surface area contributed by atoms with Gasteiger partial charge >= 0.3 is 0 Å². The van der Waals surface area contributed by atoms with Gasteiger partial charge in [-0.3, -0.25) is 0 Å². The van der Waals surface area contributed by atoms with Crippen molar-refractivity contribution in [3.8, 4) is 11.5 Å². The van der Waals surface area contributed by atoms with Crippen molar-refractivity contribution in [1.82, 2.24) is 0 Å². The lowest BCUT2D eigenvalue weighted by molar-refractivity contribution is 0.199. The highest BCUT2D eigenvalue weighted by atomic mass is 79.9. The van der Waals surface area contributed by atoms with E-state index in [2.05, 4.69) is 15.9 Å². The van der Waals surface area contributed by atoms with Gasteiger partial charge in [0.05, 0.1) is 15.6 Å². The van der Waals surface area contributed by atoms with Gasteiger partial charge in [-0.05, 0) is 52.7 Å². The average molecular weight is 362 g/mol. The lowest BCUT2D eigenvalue weighted by Crippen LogP contribution is -1.92. The van der Waals surface area contributed by atoms with Crippen molar-refractivity contribution in [3.05, 3.63) is 56.5 Å². The molecule has 0 heterocycles. The summed E-state index contributed by atoms with van der Waals surface area (Å²) in [5.74, 6) is 1.09. The van der Waals surface area contributed by atoms with Crippen LogP contribution in [0, 0.1) is 0 Å². The van der Waals surface area contributed by atoms with Gasteiger partial charge in [0.1, 0.15) is 11.5 Å². The fraction of sp³-hybridized carbons (Fsp3) is 0.143. The molecule has 0 spiro atoms. The summed E-state index contributed by atoms with van der Waals surface area (Å²) in [6.45, 7) is 1.70. The van der Waals surface area contributed by atoms with Crippen molar-refractivity contribution in [2.45, 2.75) is 13.0 Å². The number of halogens is 3. The zero-order valence-electron chi connectivity index (χ0n) is 10.0. The van der Waals surface area contributed by atoms with Crippen molar-refractivity contribution >= 4 is 39.1 Å². The molecule has 0 amide bonds. The Morgan fingerprint density at radius 2 is 1.84 bits per heavy atom. The third-order valence-corrected chi connectivity index (χ3v) is 3.72. The van der Waals surface area contributed by atoms with E-state index >= 15 is 0 Å². The van der Waals surface area contributed by atoms with E-state index in [9.17, 15) is 5.11 Å². The predicted octanol–water partition coefficient (Wildman–Crippen LogP) is 5.60. The lowest BCUT2D eigenvalue weighted by atomic mass is 10.1. The van der Waals surface area contributed by atoms with E-state index in [1.165, 1.54) is 0 Å². The summed E-state index contributed by atoms with van der Waals surface area (Å²) in [6.07, 6.45) is -0.528. The van der Waals surface area contributed by atoms with Gasteiger partial charge in [0.2, 0.25) is 0 Å². The summed E-state index contributed by atoms with van der Waals surface area (Å²) in [5.41, 5.74) is 0.802. The van der Waals surface area contributed by atoms with E-state index in [4.69, 9.17) is 27.9 Å². The Balaban J connectivity index is 2.31. The Hall–Kier alpha value is -0.740. The molecular formula is C14H11BrCl2O2. The van der Waals surface area contributed by atoms with Gasteiger partial charge in [0.25, 0.3) is 0 Å².